The second kappa shape index (κ2) is 13.0. The number of nitrogens with zero attached hydrogens (tertiary/aromatic N) is 2. The third kappa shape index (κ3) is 5.45. The van der Waals surface area contributed by atoms with Crippen LogP contribution in [0.4, 0.5) is 34.1 Å². The molecular formula is C56H53BN2S. The van der Waals surface area contributed by atoms with Crippen LogP contribution in [-0.2, 0) is 16.2 Å². The number of fused-ring (bicyclic) bond motifs is 9. The molecule has 296 valence electrons. The zero-order valence-corrected chi connectivity index (χ0v) is 37.3. The van der Waals surface area contributed by atoms with Crippen molar-refractivity contribution in [2.45, 2.75) is 91.4 Å². The quantitative estimate of drug-likeness (QED) is 0.164. The lowest BCUT2D eigenvalue weighted by molar-refractivity contribution is 0.332. The van der Waals surface area contributed by atoms with E-state index in [1.807, 2.05) is 11.3 Å². The number of rotatable bonds is 3. The van der Waals surface area contributed by atoms with E-state index in [1.54, 1.807) is 0 Å². The largest absolute Gasteiger partial charge is 0.311 e. The van der Waals surface area contributed by atoms with Crippen molar-refractivity contribution in [1.29, 1.82) is 0 Å². The molecule has 7 aromatic carbocycles. The summed E-state index contributed by atoms with van der Waals surface area (Å²) >= 11 is 1.91. The Bertz CT molecular complexity index is 3070. The summed E-state index contributed by atoms with van der Waals surface area (Å²) in [5.41, 5.74) is 21.4. The van der Waals surface area contributed by atoms with E-state index < -0.39 is 0 Å². The van der Waals surface area contributed by atoms with Crippen molar-refractivity contribution in [1.82, 2.24) is 0 Å². The van der Waals surface area contributed by atoms with Gasteiger partial charge in [0.25, 0.3) is 6.71 Å². The maximum Gasteiger partial charge on any atom is 0.252 e. The van der Waals surface area contributed by atoms with Gasteiger partial charge in [0.1, 0.15) is 0 Å². The molecule has 2 nitrogen and oxygen atoms in total. The topological polar surface area (TPSA) is 6.48 Å². The Balaban J connectivity index is 1.30. The number of anilines is 6. The average Bonchev–Trinajstić information content (AvgIpc) is 3.61. The predicted octanol–water partition coefficient (Wildman–Crippen LogP) is 14.1. The number of aryl methyl sites for hydroxylation is 2. The first-order valence-electron chi connectivity index (χ1n) is 21.8. The maximum atomic E-state index is 2.67. The third-order valence-corrected chi connectivity index (χ3v) is 15.4. The van der Waals surface area contributed by atoms with Gasteiger partial charge in [0.2, 0.25) is 0 Å². The van der Waals surface area contributed by atoms with Crippen LogP contribution in [0.1, 0.15) is 89.1 Å². The summed E-state index contributed by atoms with van der Waals surface area (Å²) in [6.45, 7) is 21.5. The summed E-state index contributed by atoms with van der Waals surface area (Å²) in [5, 5.41) is 2.68. The predicted molar refractivity (Wildman–Crippen MR) is 262 cm³/mol. The molecule has 0 spiro atoms. The van der Waals surface area contributed by atoms with Gasteiger partial charge in [-0.25, -0.2) is 0 Å². The minimum Gasteiger partial charge on any atom is -0.311 e. The Kier molecular flexibility index (Phi) is 8.09. The molecule has 2 aliphatic heterocycles. The fourth-order valence-electron chi connectivity index (χ4n) is 10.9. The molecule has 8 aromatic rings. The van der Waals surface area contributed by atoms with Gasteiger partial charge in [-0.1, -0.05) is 139 Å². The molecule has 3 heterocycles. The average molecular weight is 797 g/mol. The standard InChI is InChI=1S/C56H53BN2S/c1-34-29-47-52-48(30-34)59(45-21-15-13-19-38(45)36-17-11-10-12-18-36)53-42(24-26-50-51(53)39-20-14-16-22-49(39)60-50)57(52)43-32-40-41(56(8,9)28-27-55(40,6)7)33-46(43)58(47)44-25-23-37(31-35(44)2)54(3,4)5/h10-26,29-33H,27-28H2,1-9H3. The Labute approximate surface area is 360 Å². The fourth-order valence-corrected chi connectivity index (χ4v) is 12.0. The van der Waals surface area contributed by atoms with E-state index in [-0.39, 0.29) is 23.0 Å². The van der Waals surface area contributed by atoms with E-state index in [0.29, 0.717) is 0 Å². The molecule has 0 fully saturated rings. The van der Waals surface area contributed by atoms with E-state index in [4.69, 9.17) is 0 Å². The minimum atomic E-state index is 0.0420. The van der Waals surface area contributed by atoms with E-state index in [0.717, 1.165) is 0 Å². The van der Waals surface area contributed by atoms with E-state index >= 15 is 0 Å². The van der Waals surface area contributed by atoms with Crippen LogP contribution in [0.2, 0.25) is 0 Å². The Morgan fingerprint density at radius 1 is 0.567 bits per heavy atom. The van der Waals surface area contributed by atoms with Gasteiger partial charge in [-0.3, -0.25) is 0 Å². The molecule has 60 heavy (non-hydrogen) atoms. The summed E-state index contributed by atoms with van der Waals surface area (Å²) in [7, 11) is 0. The Morgan fingerprint density at radius 2 is 1.23 bits per heavy atom. The van der Waals surface area contributed by atoms with Crippen molar-refractivity contribution >= 4 is 88.7 Å². The van der Waals surface area contributed by atoms with Gasteiger partial charge in [-0.2, -0.15) is 0 Å². The minimum absolute atomic E-state index is 0.0420. The van der Waals surface area contributed by atoms with Crippen molar-refractivity contribution in [3.05, 3.63) is 161 Å². The van der Waals surface area contributed by atoms with Crippen molar-refractivity contribution in [2.24, 2.45) is 0 Å². The molecule has 0 unspecified atom stereocenters. The van der Waals surface area contributed by atoms with Crippen LogP contribution in [0.25, 0.3) is 31.3 Å². The van der Waals surface area contributed by atoms with Gasteiger partial charge >= 0.3 is 0 Å². The molecule has 0 saturated heterocycles. The van der Waals surface area contributed by atoms with Crippen molar-refractivity contribution in [3.8, 4) is 11.1 Å². The monoisotopic (exact) mass is 796 g/mol. The normalized spacial score (nSPS) is 16.1. The van der Waals surface area contributed by atoms with Crippen molar-refractivity contribution in [2.75, 3.05) is 9.80 Å². The highest BCUT2D eigenvalue weighted by Crippen LogP contribution is 2.53. The second-order valence-corrected chi connectivity index (χ2v) is 21.2. The van der Waals surface area contributed by atoms with Crippen LogP contribution in [0.5, 0.6) is 0 Å². The van der Waals surface area contributed by atoms with Crippen LogP contribution >= 0.6 is 11.3 Å². The highest BCUT2D eigenvalue weighted by molar-refractivity contribution is 7.26. The second-order valence-electron chi connectivity index (χ2n) is 20.2. The van der Waals surface area contributed by atoms with Gasteiger partial charge in [0.05, 0.1) is 11.4 Å². The molecule has 4 heteroatoms. The molecule has 11 rings (SSSR count). The zero-order chi connectivity index (χ0) is 41.5. The van der Waals surface area contributed by atoms with E-state index in [9.17, 15) is 0 Å². The molecule has 0 saturated carbocycles. The molecule has 0 bridgehead atoms. The summed E-state index contributed by atoms with van der Waals surface area (Å²) in [5.74, 6) is 0. The highest BCUT2D eigenvalue weighted by Gasteiger charge is 2.47. The van der Waals surface area contributed by atoms with Crippen molar-refractivity contribution < 1.29 is 0 Å². The smallest absolute Gasteiger partial charge is 0.252 e. The van der Waals surface area contributed by atoms with Crippen LogP contribution in [0.15, 0.2) is 133 Å². The van der Waals surface area contributed by atoms with Gasteiger partial charge in [0.15, 0.2) is 0 Å². The molecule has 1 aromatic heterocycles. The van der Waals surface area contributed by atoms with Gasteiger partial charge in [0, 0.05) is 48.5 Å². The zero-order valence-electron chi connectivity index (χ0n) is 36.5. The van der Waals surface area contributed by atoms with Crippen LogP contribution in [-0.4, -0.2) is 6.71 Å². The lowest BCUT2D eigenvalue weighted by atomic mass is 9.33. The molecule has 0 atom stereocenters. The van der Waals surface area contributed by atoms with Crippen LogP contribution in [0.3, 0.4) is 0 Å². The van der Waals surface area contributed by atoms with E-state index in [1.165, 1.54) is 122 Å². The number of para-hydroxylation sites is 1. The SMILES string of the molecule is Cc1cc2c3c(c1)N(c1ccccc1-c1ccccc1)c1c(ccc4sc5ccccc5c14)B3c1cc3c(cc1N2c1ccc(C(C)(C)C)cc1C)C(C)(C)CCC3(C)C. The maximum absolute atomic E-state index is 2.67. The third-order valence-electron chi connectivity index (χ3n) is 14.2. The first-order chi connectivity index (χ1) is 28.7. The van der Waals surface area contributed by atoms with Gasteiger partial charge in [-0.15, -0.1) is 11.3 Å². The number of hydrogen-bond donors (Lipinski definition) is 0. The Hall–Kier alpha value is -5.58. The summed E-state index contributed by atoms with van der Waals surface area (Å²) in [6, 6.07) is 51.4. The molecular weight excluding hydrogens is 744 g/mol. The molecule has 0 radical (unpaired) electrons. The Morgan fingerprint density at radius 3 is 1.97 bits per heavy atom. The van der Waals surface area contributed by atoms with Gasteiger partial charge in [-0.05, 0) is 135 Å². The van der Waals surface area contributed by atoms with Crippen LogP contribution < -0.4 is 26.2 Å². The summed E-state index contributed by atoms with van der Waals surface area (Å²) in [6.07, 6.45) is 2.35. The highest BCUT2D eigenvalue weighted by atomic mass is 32.1. The number of thiophene rings is 1. The first-order valence-corrected chi connectivity index (χ1v) is 22.7. The molecule has 0 N–H and O–H groups in total. The summed E-state index contributed by atoms with van der Waals surface area (Å²) < 4.78 is 2.66. The number of hydrogen-bond acceptors (Lipinski definition) is 3. The lowest BCUT2D eigenvalue weighted by Gasteiger charge is -2.48. The van der Waals surface area contributed by atoms with Crippen LogP contribution in [0, 0.1) is 13.8 Å². The molecule has 0 amide bonds. The van der Waals surface area contributed by atoms with E-state index in [2.05, 4.69) is 206 Å². The van der Waals surface area contributed by atoms with Crippen molar-refractivity contribution in [3.63, 3.8) is 0 Å². The van der Waals surface area contributed by atoms with Gasteiger partial charge < -0.3 is 9.80 Å². The summed E-state index contributed by atoms with van der Waals surface area (Å²) in [4.78, 5) is 5.31. The molecule has 3 aliphatic rings. The first kappa shape index (κ1) is 37.4. The molecule has 1 aliphatic carbocycles. The number of benzene rings is 7. The fraction of sp³-hybridized carbons (Fsp3) is 0.250. The lowest BCUT2D eigenvalue weighted by Crippen LogP contribution is -2.62.